The van der Waals surface area contributed by atoms with E-state index in [0.29, 0.717) is 41.2 Å². The minimum absolute atomic E-state index is 0.0117. The van der Waals surface area contributed by atoms with Gasteiger partial charge in [-0.1, -0.05) is 18.7 Å². The number of hydrogen-bond acceptors (Lipinski definition) is 6. The zero-order valence-electron chi connectivity index (χ0n) is 24.2. The van der Waals surface area contributed by atoms with Gasteiger partial charge in [0, 0.05) is 55.1 Å². The third-order valence-corrected chi connectivity index (χ3v) is 7.53. The molecule has 12 heteroatoms. The van der Waals surface area contributed by atoms with Crippen LogP contribution >= 0.6 is 0 Å². The number of benzene rings is 2. The first-order valence-corrected chi connectivity index (χ1v) is 13.6. The van der Waals surface area contributed by atoms with Crippen molar-refractivity contribution < 1.29 is 27.5 Å². The summed E-state index contributed by atoms with van der Waals surface area (Å²) in [4.78, 5) is 33.5. The molecule has 4 aromatic rings. The maximum Gasteiger partial charge on any atom is 0.433 e. The van der Waals surface area contributed by atoms with E-state index in [0.717, 1.165) is 17.5 Å². The molecule has 224 valence electrons. The highest BCUT2D eigenvalue weighted by atomic mass is 19.4. The fourth-order valence-corrected chi connectivity index (χ4v) is 5.41. The van der Waals surface area contributed by atoms with Crippen LogP contribution in [0.25, 0.3) is 22.6 Å². The topological polar surface area (TPSA) is 92.1 Å². The van der Waals surface area contributed by atoms with E-state index in [4.69, 9.17) is 4.74 Å². The van der Waals surface area contributed by atoms with Crippen LogP contribution in [0.2, 0.25) is 0 Å². The van der Waals surface area contributed by atoms with Crippen LogP contribution < -0.4 is 10.1 Å². The number of anilines is 1. The number of carbonyl (C=O) groups excluding carboxylic acids is 2. The number of hydrogen-bond donors (Lipinski definition) is 1. The van der Waals surface area contributed by atoms with E-state index in [9.17, 15) is 22.8 Å². The molecule has 9 nitrogen and oxygen atoms in total. The number of carbonyl (C=O) groups is 2. The number of nitrogens with one attached hydrogen (secondary N) is 1. The molecule has 1 atom stereocenters. The summed E-state index contributed by atoms with van der Waals surface area (Å²) in [6.45, 7) is 10.1. The molecule has 1 aliphatic rings. The maximum atomic E-state index is 14.3. The third kappa shape index (κ3) is 5.77. The predicted molar refractivity (Wildman–Crippen MR) is 157 cm³/mol. The normalized spacial score (nSPS) is 15.5. The number of fused-ring (bicyclic) bond motifs is 1. The van der Waals surface area contributed by atoms with Gasteiger partial charge in [-0.05, 0) is 55.8 Å². The molecule has 0 saturated carbocycles. The Kier molecular flexibility index (Phi) is 7.87. The van der Waals surface area contributed by atoms with Gasteiger partial charge in [0.05, 0.1) is 19.0 Å². The monoisotopic (exact) mass is 592 g/mol. The summed E-state index contributed by atoms with van der Waals surface area (Å²) < 4.78 is 48.9. The number of ether oxygens (including phenoxy) is 1. The number of piperazine rings is 1. The van der Waals surface area contributed by atoms with Crippen LogP contribution in [0.3, 0.4) is 0 Å². The molecule has 0 spiro atoms. The minimum atomic E-state index is -4.74. The van der Waals surface area contributed by atoms with E-state index in [-0.39, 0.29) is 34.4 Å². The van der Waals surface area contributed by atoms with Crippen LogP contribution in [0, 0.1) is 6.92 Å². The van der Waals surface area contributed by atoms with Gasteiger partial charge in [-0.2, -0.15) is 18.3 Å². The van der Waals surface area contributed by atoms with Crippen LogP contribution in [0.15, 0.2) is 61.3 Å². The Morgan fingerprint density at radius 1 is 1.12 bits per heavy atom. The summed E-state index contributed by atoms with van der Waals surface area (Å²) in [5, 5.41) is 6.73. The average molecular weight is 593 g/mol. The highest BCUT2D eigenvalue weighted by Gasteiger charge is 2.39. The zero-order chi connectivity index (χ0) is 31.1. The van der Waals surface area contributed by atoms with Crippen LogP contribution in [-0.4, -0.2) is 69.0 Å². The molecule has 0 radical (unpaired) electrons. The number of alkyl halides is 3. The van der Waals surface area contributed by atoms with Crippen LogP contribution in [0.4, 0.5) is 18.9 Å². The smallest absolute Gasteiger partial charge is 0.433 e. The standard InChI is InChI=1S/C31H31F3N6O3/c1-18-17-38(20(3)23-7-6-8-24(15-23)36-21(4)41)13-14-39(18)30(42)26-16-35-40-28(31(32,33)34)19(2)27(37-29(26)40)22-9-11-25(43-5)12-10-22/h6-12,15-16,18H,3,13-14,17H2,1-2,4-5H3,(H,36,41)/t18-/m1/s1. The fraction of sp³-hybridized carbons (Fsp3) is 0.290. The second-order valence-corrected chi connectivity index (χ2v) is 10.5. The molecule has 2 aromatic carbocycles. The number of methoxy groups -OCH3 is 1. The Balaban J connectivity index is 1.44. The minimum Gasteiger partial charge on any atom is -0.497 e. The van der Waals surface area contributed by atoms with Gasteiger partial charge < -0.3 is 19.9 Å². The number of amides is 2. The van der Waals surface area contributed by atoms with Crippen molar-refractivity contribution in [3.63, 3.8) is 0 Å². The third-order valence-electron chi connectivity index (χ3n) is 7.53. The second kappa shape index (κ2) is 11.4. The lowest BCUT2D eigenvalue weighted by Crippen LogP contribution is -2.53. The van der Waals surface area contributed by atoms with Gasteiger partial charge in [-0.15, -0.1) is 0 Å². The van der Waals surface area contributed by atoms with E-state index >= 15 is 0 Å². The van der Waals surface area contributed by atoms with Gasteiger partial charge in [0.2, 0.25) is 5.91 Å². The van der Waals surface area contributed by atoms with Gasteiger partial charge in [0.1, 0.15) is 11.3 Å². The van der Waals surface area contributed by atoms with E-state index in [1.807, 2.05) is 30.0 Å². The highest BCUT2D eigenvalue weighted by molar-refractivity contribution is 6.00. The SMILES string of the molecule is C=C(c1cccc(NC(C)=O)c1)N1CCN(C(=O)c2cnn3c(C(F)(F)F)c(C)c(-c4ccc(OC)cc4)nc23)[C@H](C)C1. The van der Waals surface area contributed by atoms with Gasteiger partial charge in [-0.25, -0.2) is 9.50 Å². The Morgan fingerprint density at radius 2 is 1.84 bits per heavy atom. The van der Waals surface area contributed by atoms with Crippen LogP contribution in [-0.2, 0) is 11.0 Å². The Hall–Kier alpha value is -4.87. The molecule has 43 heavy (non-hydrogen) atoms. The highest BCUT2D eigenvalue weighted by Crippen LogP contribution is 2.37. The van der Waals surface area contributed by atoms with Crippen LogP contribution in [0.1, 0.15) is 41.0 Å². The summed E-state index contributed by atoms with van der Waals surface area (Å²) in [7, 11) is 1.50. The van der Waals surface area contributed by atoms with E-state index in [1.54, 1.807) is 35.2 Å². The molecule has 2 amide bonds. The number of rotatable bonds is 6. The van der Waals surface area contributed by atoms with E-state index < -0.39 is 17.8 Å². The molecule has 5 rings (SSSR count). The Morgan fingerprint density at radius 3 is 2.47 bits per heavy atom. The van der Waals surface area contributed by atoms with Crippen molar-refractivity contribution in [3.05, 3.63) is 83.7 Å². The van der Waals surface area contributed by atoms with Gasteiger partial charge in [0.25, 0.3) is 5.91 Å². The lowest BCUT2D eigenvalue weighted by atomic mass is 10.0. The van der Waals surface area contributed by atoms with Gasteiger partial charge >= 0.3 is 6.18 Å². The molecule has 1 aliphatic heterocycles. The Bertz CT molecular complexity index is 1710. The van der Waals surface area contributed by atoms with Gasteiger partial charge in [-0.3, -0.25) is 9.59 Å². The Labute approximate surface area is 246 Å². The largest absolute Gasteiger partial charge is 0.497 e. The van der Waals surface area contributed by atoms with E-state index in [1.165, 1.54) is 21.0 Å². The predicted octanol–water partition coefficient (Wildman–Crippen LogP) is 5.51. The molecule has 0 unspecified atom stereocenters. The summed E-state index contributed by atoms with van der Waals surface area (Å²) in [5.74, 6) is -0.0834. The van der Waals surface area contributed by atoms with E-state index in [2.05, 4.69) is 22.0 Å². The molecule has 0 bridgehead atoms. The van der Waals surface area contributed by atoms with Crippen molar-refractivity contribution in [2.75, 3.05) is 32.1 Å². The van der Waals surface area contributed by atoms with Crippen molar-refractivity contribution >= 4 is 28.8 Å². The summed E-state index contributed by atoms with van der Waals surface area (Å²) >= 11 is 0. The molecule has 2 aromatic heterocycles. The first kappa shape index (κ1) is 29.6. The van der Waals surface area contributed by atoms with Gasteiger partial charge in [0.15, 0.2) is 11.3 Å². The molecule has 1 saturated heterocycles. The molecule has 1 fully saturated rings. The van der Waals surface area contributed by atoms with Crippen molar-refractivity contribution in [1.29, 1.82) is 0 Å². The van der Waals surface area contributed by atoms with Crippen molar-refractivity contribution in [2.45, 2.75) is 33.0 Å². The van der Waals surface area contributed by atoms with Crippen LogP contribution in [0.5, 0.6) is 5.75 Å². The molecule has 1 N–H and O–H groups in total. The number of aromatic nitrogens is 3. The number of halogens is 3. The summed E-state index contributed by atoms with van der Waals surface area (Å²) in [5.41, 5.74) is 1.50. The van der Waals surface area contributed by atoms with Crippen molar-refractivity contribution in [3.8, 4) is 17.0 Å². The lowest BCUT2D eigenvalue weighted by Gasteiger charge is -2.41. The zero-order valence-corrected chi connectivity index (χ0v) is 24.2. The first-order valence-electron chi connectivity index (χ1n) is 13.6. The van der Waals surface area contributed by atoms with Crippen molar-refractivity contribution in [2.24, 2.45) is 0 Å². The summed E-state index contributed by atoms with van der Waals surface area (Å²) in [6, 6.07) is 13.6. The van der Waals surface area contributed by atoms with Crippen molar-refractivity contribution in [1.82, 2.24) is 24.4 Å². The second-order valence-electron chi connectivity index (χ2n) is 10.5. The first-order chi connectivity index (χ1) is 20.4. The maximum absolute atomic E-state index is 14.3. The molecule has 0 aliphatic carbocycles. The molecular formula is C31H31F3N6O3. The quantitative estimate of drug-likeness (QED) is 0.318. The fourth-order valence-electron chi connectivity index (χ4n) is 5.41. The molecular weight excluding hydrogens is 561 g/mol. The lowest BCUT2D eigenvalue weighted by molar-refractivity contribution is -0.143. The molecule has 3 heterocycles. The summed E-state index contributed by atoms with van der Waals surface area (Å²) in [6.07, 6.45) is -3.59. The average Bonchev–Trinajstić information content (AvgIpc) is 3.38. The number of nitrogens with zero attached hydrogens (tertiary/aromatic N) is 5.